The number of ether oxygens (including phenoxy) is 1. The molecule has 0 radical (unpaired) electrons. The highest BCUT2D eigenvalue weighted by Gasteiger charge is 2.11. The monoisotopic (exact) mass is 374 g/mol. The Morgan fingerprint density at radius 3 is 2.76 bits per heavy atom. The lowest BCUT2D eigenvalue weighted by Gasteiger charge is -2.09. The summed E-state index contributed by atoms with van der Waals surface area (Å²) in [6.07, 6.45) is 0. The van der Waals surface area contributed by atoms with Crippen molar-refractivity contribution in [1.29, 1.82) is 5.26 Å². The first-order valence-corrected chi connectivity index (χ1v) is 8.69. The summed E-state index contributed by atoms with van der Waals surface area (Å²) in [6, 6.07) is 14.2. The molecule has 1 N–H and O–H groups in total. The number of hydrogen-bond acceptors (Lipinski definition) is 5. The summed E-state index contributed by atoms with van der Waals surface area (Å²) in [4.78, 5) is 24.6. The van der Waals surface area contributed by atoms with E-state index in [4.69, 9.17) is 21.6 Å². The molecule has 0 saturated heterocycles. The maximum Gasteiger partial charge on any atom is 0.316 e. The minimum absolute atomic E-state index is 0.110. The first-order valence-electron chi connectivity index (χ1n) is 7.33. The number of carbonyl (C=O) groups excluding carboxylic acids is 2. The number of nitriles is 1. The van der Waals surface area contributed by atoms with E-state index < -0.39 is 18.5 Å². The van der Waals surface area contributed by atoms with Gasteiger partial charge in [0.15, 0.2) is 6.61 Å². The number of esters is 1. The van der Waals surface area contributed by atoms with Crippen molar-refractivity contribution in [2.75, 3.05) is 17.7 Å². The predicted octanol–water partition coefficient (Wildman–Crippen LogP) is 3.79. The maximum atomic E-state index is 11.9. The van der Waals surface area contributed by atoms with Gasteiger partial charge in [-0.15, -0.1) is 11.8 Å². The number of benzene rings is 2. The second-order valence-electron chi connectivity index (χ2n) is 5.06. The summed E-state index contributed by atoms with van der Waals surface area (Å²) in [6.45, 7) is 1.53. The summed E-state index contributed by atoms with van der Waals surface area (Å²) in [5, 5.41) is 11.9. The molecule has 5 nitrogen and oxygen atoms in total. The van der Waals surface area contributed by atoms with Crippen molar-refractivity contribution in [3.05, 3.63) is 58.6 Å². The van der Waals surface area contributed by atoms with Gasteiger partial charge in [0.2, 0.25) is 0 Å². The Morgan fingerprint density at radius 2 is 2.04 bits per heavy atom. The van der Waals surface area contributed by atoms with Crippen molar-refractivity contribution in [2.45, 2.75) is 11.8 Å². The number of nitrogens with one attached hydrogen (secondary N) is 1. The molecular weight excluding hydrogens is 360 g/mol. The summed E-state index contributed by atoms with van der Waals surface area (Å²) in [5.74, 6) is -0.915. The second kappa shape index (κ2) is 9.11. The van der Waals surface area contributed by atoms with Crippen molar-refractivity contribution in [3.8, 4) is 6.07 Å². The van der Waals surface area contributed by atoms with Crippen LogP contribution in [0.4, 0.5) is 5.69 Å². The summed E-state index contributed by atoms with van der Waals surface area (Å²) in [7, 11) is 0. The molecule has 2 rings (SSSR count). The molecule has 0 saturated carbocycles. The number of hydrogen-bond donors (Lipinski definition) is 1. The number of anilines is 1. The minimum atomic E-state index is -0.534. The molecule has 0 aliphatic heterocycles. The molecule has 1 amide bonds. The quantitative estimate of drug-likeness (QED) is 0.614. The van der Waals surface area contributed by atoms with Gasteiger partial charge in [0.05, 0.1) is 17.0 Å². The molecular formula is C18H15ClN2O3S. The smallest absolute Gasteiger partial charge is 0.316 e. The fraction of sp³-hybridized carbons (Fsp3) is 0.167. The van der Waals surface area contributed by atoms with E-state index in [0.29, 0.717) is 5.02 Å². The lowest BCUT2D eigenvalue weighted by atomic mass is 10.2. The number of thioether (sulfide) groups is 1. The van der Waals surface area contributed by atoms with Gasteiger partial charge in [-0.3, -0.25) is 9.59 Å². The van der Waals surface area contributed by atoms with E-state index >= 15 is 0 Å². The van der Waals surface area contributed by atoms with Crippen LogP contribution in [0.2, 0.25) is 5.02 Å². The zero-order chi connectivity index (χ0) is 18.2. The zero-order valence-corrected chi connectivity index (χ0v) is 15.0. The Labute approximate surface area is 154 Å². The molecule has 0 aliphatic rings. The topological polar surface area (TPSA) is 79.2 Å². The van der Waals surface area contributed by atoms with Gasteiger partial charge in [0.1, 0.15) is 6.07 Å². The molecule has 0 aromatic heterocycles. The second-order valence-corrected chi connectivity index (χ2v) is 6.52. The summed E-state index contributed by atoms with van der Waals surface area (Å²) < 4.78 is 4.95. The minimum Gasteiger partial charge on any atom is -0.455 e. The summed E-state index contributed by atoms with van der Waals surface area (Å²) in [5.41, 5.74) is 1.63. The Kier molecular flexibility index (Phi) is 6.87. The Hall–Kier alpha value is -2.49. The molecule has 0 unspecified atom stereocenters. The number of amides is 1. The van der Waals surface area contributed by atoms with Gasteiger partial charge in [-0.25, -0.2) is 0 Å². The predicted molar refractivity (Wildman–Crippen MR) is 97.7 cm³/mol. The highest BCUT2D eigenvalue weighted by Crippen LogP contribution is 2.22. The Balaban J connectivity index is 1.82. The van der Waals surface area contributed by atoms with E-state index in [2.05, 4.69) is 5.32 Å². The van der Waals surface area contributed by atoms with Crippen LogP contribution in [-0.2, 0) is 14.3 Å². The highest BCUT2D eigenvalue weighted by molar-refractivity contribution is 8.00. The van der Waals surface area contributed by atoms with E-state index in [-0.39, 0.29) is 17.0 Å². The Morgan fingerprint density at radius 1 is 1.28 bits per heavy atom. The zero-order valence-electron chi connectivity index (χ0n) is 13.4. The molecule has 2 aromatic carbocycles. The molecule has 0 bridgehead atoms. The normalized spacial score (nSPS) is 9.96. The van der Waals surface area contributed by atoms with Gasteiger partial charge in [-0.05, 0) is 36.8 Å². The van der Waals surface area contributed by atoms with E-state index in [1.54, 1.807) is 6.07 Å². The Bertz CT molecular complexity index is 833. The molecule has 0 aliphatic carbocycles. The third-order valence-corrected chi connectivity index (χ3v) is 4.56. The SMILES string of the molecule is Cc1ccccc1SCC(=O)OCC(=O)Nc1cc(Cl)ccc1C#N. The van der Waals surface area contributed by atoms with Crippen LogP contribution in [0.5, 0.6) is 0 Å². The molecule has 0 atom stereocenters. The van der Waals surface area contributed by atoms with Crippen LogP contribution in [0, 0.1) is 18.3 Å². The van der Waals surface area contributed by atoms with Crippen LogP contribution >= 0.6 is 23.4 Å². The van der Waals surface area contributed by atoms with Crippen LogP contribution < -0.4 is 5.32 Å². The molecule has 2 aromatic rings. The molecule has 0 spiro atoms. The molecule has 25 heavy (non-hydrogen) atoms. The number of carbonyl (C=O) groups is 2. The van der Waals surface area contributed by atoms with Gasteiger partial charge < -0.3 is 10.1 Å². The third-order valence-electron chi connectivity index (χ3n) is 3.18. The summed E-state index contributed by atoms with van der Waals surface area (Å²) >= 11 is 7.20. The van der Waals surface area contributed by atoms with Crippen molar-refractivity contribution < 1.29 is 14.3 Å². The fourth-order valence-corrected chi connectivity index (χ4v) is 2.95. The molecule has 0 fully saturated rings. The van der Waals surface area contributed by atoms with E-state index in [0.717, 1.165) is 10.5 Å². The number of aryl methyl sites for hydroxylation is 1. The number of rotatable bonds is 6. The lowest BCUT2D eigenvalue weighted by Crippen LogP contribution is -2.22. The maximum absolute atomic E-state index is 11.9. The van der Waals surface area contributed by atoms with Crippen LogP contribution in [-0.4, -0.2) is 24.2 Å². The van der Waals surface area contributed by atoms with E-state index in [9.17, 15) is 9.59 Å². The van der Waals surface area contributed by atoms with Crippen LogP contribution in [0.1, 0.15) is 11.1 Å². The lowest BCUT2D eigenvalue weighted by molar-refractivity contribution is -0.144. The molecule has 7 heteroatoms. The number of halogens is 1. The van der Waals surface area contributed by atoms with Crippen LogP contribution in [0.25, 0.3) is 0 Å². The van der Waals surface area contributed by atoms with Gasteiger partial charge in [-0.1, -0.05) is 29.8 Å². The van der Waals surface area contributed by atoms with Crippen LogP contribution in [0.3, 0.4) is 0 Å². The van der Waals surface area contributed by atoms with Crippen molar-refractivity contribution in [2.24, 2.45) is 0 Å². The van der Waals surface area contributed by atoms with Crippen molar-refractivity contribution >= 4 is 40.9 Å². The largest absolute Gasteiger partial charge is 0.455 e. The first-order chi connectivity index (χ1) is 12.0. The van der Waals surface area contributed by atoms with Gasteiger partial charge in [-0.2, -0.15) is 5.26 Å². The van der Waals surface area contributed by atoms with Crippen molar-refractivity contribution in [1.82, 2.24) is 0 Å². The average molecular weight is 375 g/mol. The fourth-order valence-electron chi connectivity index (χ4n) is 1.95. The molecule has 0 heterocycles. The van der Waals surface area contributed by atoms with Gasteiger partial charge in [0, 0.05) is 9.92 Å². The van der Waals surface area contributed by atoms with Gasteiger partial charge >= 0.3 is 5.97 Å². The van der Waals surface area contributed by atoms with E-state index in [1.165, 1.54) is 23.9 Å². The third kappa shape index (κ3) is 5.82. The highest BCUT2D eigenvalue weighted by atomic mass is 35.5. The number of nitrogens with zero attached hydrogens (tertiary/aromatic N) is 1. The first kappa shape index (κ1) is 18.8. The van der Waals surface area contributed by atoms with Gasteiger partial charge in [0.25, 0.3) is 5.91 Å². The molecule has 128 valence electrons. The van der Waals surface area contributed by atoms with E-state index in [1.807, 2.05) is 37.3 Å². The van der Waals surface area contributed by atoms with Crippen LogP contribution in [0.15, 0.2) is 47.4 Å². The van der Waals surface area contributed by atoms with Crippen molar-refractivity contribution in [3.63, 3.8) is 0 Å². The average Bonchev–Trinajstić information content (AvgIpc) is 2.59. The standard InChI is InChI=1S/C18H15ClN2O3S/c1-12-4-2-3-5-16(12)25-11-18(23)24-10-17(22)21-15-8-14(19)7-6-13(15)9-20/h2-8H,10-11H2,1H3,(H,21,22).